The molecule has 2 aliphatic rings. The quantitative estimate of drug-likeness (QED) is 0.0853. The molecule has 0 bridgehead atoms. The maximum Gasteiger partial charge on any atom is 0.407 e. The molecule has 4 amide bonds. The van der Waals surface area contributed by atoms with Crippen LogP contribution in [0.2, 0.25) is 0 Å². The van der Waals surface area contributed by atoms with Crippen molar-refractivity contribution in [3.05, 3.63) is 66.3 Å². The van der Waals surface area contributed by atoms with Crippen LogP contribution in [0.25, 0.3) is 44.7 Å². The Balaban J connectivity index is 1.08. The van der Waals surface area contributed by atoms with Crippen LogP contribution in [0.1, 0.15) is 77.1 Å². The highest BCUT2D eigenvalue weighted by Crippen LogP contribution is 2.39. The summed E-state index contributed by atoms with van der Waals surface area (Å²) in [5.41, 5.74) is 3.52. The van der Waals surface area contributed by atoms with Crippen LogP contribution < -0.4 is 10.6 Å². The third-order valence-electron chi connectivity index (χ3n) is 11.3. The lowest BCUT2D eigenvalue weighted by Gasteiger charge is -2.30. The minimum atomic E-state index is -0.778. The van der Waals surface area contributed by atoms with Gasteiger partial charge >= 0.3 is 12.2 Å². The van der Waals surface area contributed by atoms with Crippen molar-refractivity contribution in [3.63, 3.8) is 0 Å². The smallest absolute Gasteiger partial charge is 0.407 e. The third kappa shape index (κ3) is 8.18. The van der Waals surface area contributed by atoms with Crippen LogP contribution in [0.5, 0.6) is 5.75 Å². The number of phenolic OH excluding ortho intramolecular Hbond substituents is 1. The number of halogens is 1. The lowest BCUT2D eigenvalue weighted by molar-refractivity contribution is -0.136. The molecule has 3 aromatic heterocycles. The number of fused-ring (bicyclic) bond motifs is 1. The number of hydrogen-bond donors (Lipinski definition) is 6. The van der Waals surface area contributed by atoms with E-state index >= 15 is 4.39 Å². The fraction of sp³-hybridized carbons (Fsp3) is 0.429. The molecule has 5 aromatic rings. The van der Waals surface area contributed by atoms with E-state index in [0.29, 0.717) is 54.5 Å². The van der Waals surface area contributed by atoms with Gasteiger partial charge in [0, 0.05) is 35.1 Å². The Kier molecular flexibility index (Phi) is 11.6. The summed E-state index contributed by atoms with van der Waals surface area (Å²) in [4.78, 5) is 73.6. The van der Waals surface area contributed by atoms with Gasteiger partial charge in [0.05, 0.1) is 61.3 Å². The number of imidazole rings is 2. The molecule has 0 spiro atoms. The van der Waals surface area contributed by atoms with Gasteiger partial charge in [-0.2, -0.15) is 0 Å². The van der Waals surface area contributed by atoms with Crippen molar-refractivity contribution in [3.8, 4) is 39.5 Å². The molecule has 0 radical (unpaired) electrons. The summed E-state index contributed by atoms with van der Waals surface area (Å²) in [6.45, 7) is 8.46. The lowest BCUT2D eigenvalue weighted by atomic mass is 10.0. The molecule has 312 valence electrons. The van der Waals surface area contributed by atoms with Crippen LogP contribution in [0.3, 0.4) is 0 Å². The summed E-state index contributed by atoms with van der Waals surface area (Å²) in [7, 11) is 2.51. The Morgan fingerprint density at radius 1 is 0.746 bits per heavy atom. The zero-order valence-electron chi connectivity index (χ0n) is 33.9. The number of nitrogens with zero attached hydrogens (tertiary/aromatic N) is 4. The van der Waals surface area contributed by atoms with Gasteiger partial charge in [-0.25, -0.2) is 23.9 Å². The summed E-state index contributed by atoms with van der Waals surface area (Å²) in [6, 6.07) is 8.09. The number of hydrogen-bond acceptors (Lipinski definition) is 9. The van der Waals surface area contributed by atoms with Gasteiger partial charge in [-0.05, 0) is 67.9 Å². The third-order valence-corrected chi connectivity index (χ3v) is 11.3. The van der Waals surface area contributed by atoms with E-state index in [2.05, 4.69) is 35.6 Å². The summed E-state index contributed by atoms with van der Waals surface area (Å²) in [5.74, 6) is -0.527. The minimum absolute atomic E-state index is 0.00726. The average Bonchev–Trinajstić information content (AvgIpc) is 4.06. The summed E-state index contributed by atoms with van der Waals surface area (Å²) >= 11 is 0. The van der Waals surface area contributed by atoms with E-state index in [0.717, 1.165) is 35.0 Å². The number of H-pyrrole nitrogens is 3. The molecular weight excluding hydrogens is 762 g/mol. The molecule has 5 heterocycles. The second kappa shape index (κ2) is 16.8. The van der Waals surface area contributed by atoms with Crippen LogP contribution >= 0.6 is 0 Å². The van der Waals surface area contributed by atoms with Crippen molar-refractivity contribution < 1.29 is 38.1 Å². The molecule has 2 fully saturated rings. The first-order valence-electron chi connectivity index (χ1n) is 19.8. The number of benzene rings is 2. The number of methoxy groups -OCH3 is 2. The van der Waals surface area contributed by atoms with Gasteiger partial charge in [-0.15, -0.1) is 0 Å². The van der Waals surface area contributed by atoms with E-state index < -0.39 is 30.1 Å². The molecule has 2 aliphatic heterocycles. The van der Waals surface area contributed by atoms with E-state index in [9.17, 15) is 24.3 Å². The molecular formula is C42H50FN9O7. The second-order valence-corrected chi connectivity index (χ2v) is 15.8. The number of phenols is 1. The topological polar surface area (TPSA) is 211 Å². The predicted octanol–water partition coefficient (Wildman–Crippen LogP) is 6.55. The van der Waals surface area contributed by atoms with Crippen molar-refractivity contribution in [2.45, 2.75) is 77.5 Å². The molecule has 17 heteroatoms. The number of ether oxygens (including phenoxy) is 2. The van der Waals surface area contributed by atoms with Gasteiger partial charge in [-0.3, -0.25) is 9.59 Å². The second-order valence-electron chi connectivity index (χ2n) is 15.8. The molecule has 2 aromatic carbocycles. The zero-order valence-corrected chi connectivity index (χ0v) is 33.9. The van der Waals surface area contributed by atoms with E-state index in [1.807, 2.05) is 45.9 Å². The monoisotopic (exact) mass is 811 g/mol. The molecule has 6 N–H and O–H groups in total. The van der Waals surface area contributed by atoms with Crippen molar-refractivity contribution in [1.29, 1.82) is 0 Å². The number of carbonyl (C=O) groups is 4. The highest BCUT2D eigenvalue weighted by atomic mass is 19.1. The zero-order chi connectivity index (χ0) is 42.1. The first-order valence-corrected chi connectivity index (χ1v) is 19.8. The predicted molar refractivity (Wildman–Crippen MR) is 216 cm³/mol. The highest BCUT2D eigenvalue weighted by Gasteiger charge is 2.39. The Morgan fingerprint density at radius 2 is 1.27 bits per heavy atom. The Hall–Kier alpha value is -6.39. The van der Waals surface area contributed by atoms with E-state index in [4.69, 9.17) is 9.47 Å². The Labute approximate surface area is 340 Å². The average molecular weight is 812 g/mol. The van der Waals surface area contributed by atoms with Crippen molar-refractivity contribution in [1.82, 2.24) is 45.4 Å². The van der Waals surface area contributed by atoms with Crippen LogP contribution in [0.15, 0.2) is 48.8 Å². The standard InChI is InChI=1S/C42H50FN9O7/c1-21(2)35(49-41(56)58-5)39(54)51-13-7-9-31(51)37-44-19-29(47-37)23-11-12-27-24(15-23)17-28(46-27)34-26(43)16-25(18-33(34)53)30-20-45-38(48-30)32-10-8-14-52(32)40(55)36(22(3)4)50-42(57)59-6/h11-12,15-22,31-32,35-36,46,53H,7-10,13-14H2,1-6H3,(H,44,47)(H,45,48)(H,49,56)(H,50,57)/t31-,32-,35-,36-/m0/s1. The first-order chi connectivity index (χ1) is 28.3. The number of aromatic nitrogens is 5. The van der Waals surface area contributed by atoms with Gasteiger partial charge in [0.15, 0.2) is 0 Å². The number of amides is 4. The number of alkyl carbamates (subject to hydrolysis) is 2. The van der Waals surface area contributed by atoms with E-state index in [1.54, 1.807) is 28.3 Å². The van der Waals surface area contributed by atoms with Crippen LogP contribution in [0, 0.1) is 17.7 Å². The van der Waals surface area contributed by atoms with E-state index in [-0.39, 0.29) is 47.0 Å². The minimum Gasteiger partial charge on any atom is -0.507 e. The number of likely N-dealkylation sites (tertiary alicyclic amines) is 2. The number of nitrogens with one attached hydrogen (secondary N) is 5. The van der Waals surface area contributed by atoms with Crippen LogP contribution in [0.4, 0.5) is 14.0 Å². The molecule has 2 saturated heterocycles. The molecule has 0 unspecified atom stereocenters. The van der Waals surface area contributed by atoms with Gasteiger partial charge in [0.1, 0.15) is 35.3 Å². The lowest BCUT2D eigenvalue weighted by Crippen LogP contribution is -2.51. The first kappa shape index (κ1) is 40.8. The molecule has 59 heavy (non-hydrogen) atoms. The van der Waals surface area contributed by atoms with Crippen molar-refractivity contribution >= 4 is 34.9 Å². The fourth-order valence-corrected chi connectivity index (χ4v) is 8.14. The Bertz CT molecular complexity index is 2340. The number of rotatable bonds is 11. The molecule has 16 nitrogen and oxygen atoms in total. The summed E-state index contributed by atoms with van der Waals surface area (Å²) in [5, 5.41) is 17.3. The summed E-state index contributed by atoms with van der Waals surface area (Å²) in [6.07, 6.45) is 4.83. The normalized spacial score (nSPS) is 17.8. The Morgan fingerprint density at radius 3 is 1.76 bits per heavy atom. The molecule has 0 aliphatic carbocycles. The maximum atomic E-state index is 16.0. The van der Waals surface area contributed by atoms with Gasteiger partial charge in [0.2, 0.25) is 11.8 Å². The van der Waals surface area contributed by atoms with Crippen LogP contribution in [-0.2, 0) is 19.1 Å². The fourth-order valence-electron chi connectivity index (χ4n) is 8.14. The van der Waals surface area contributed by atoms with E-state index in [1.165, 1.54) is 26.4 Å². The van der Waals surface area contributed by atoms with Gasteiger partial charge in [0.25, 0.3) is 0 Å². The molecule has 0 saturated carbocycles. The number of aromatic hydroxyl groups is 1. The highest BCUT2D eigenvalue weighted by molar-refractivity contribution is 5.91. The maximum absolute atomic E-state index is 16.0. The van der Waals surface area contributed by atoms with Gasteiger partial charge < -0.3 is 50.0 Å². The van der Waals surface area contributed by atoms with Crippen molar-refractivity contribution in [2.75, 3.05) is 27.3 Å². The molecule has 4 atom stereocenters. The van der Waals surface area contributed by atoms with Crippen molar-refractivity contribution in [2.24, 2.45) is 11.8 Å². The largest absolute Gasteiger partial charge is 0.507 e. The summed E-state index contributed by atoms with van der Waals surface area (Å²) < 4.78 is 25.4. The van der Waals surface area contributed by atoms with Gasteiger partial charge in [-0.1, -0.05) is 33.8 Å². The number of aromatic amines is 3. The number of carbonyl (C=O) groups excluding carboxylic acids is 4. The van der Waals surface area contributed by atoms with Crippen LogP contribution in [-0.4, -0.2) is 103 Å². The SMILES string of the molecule is COC(=O)N[C@H](C(=O)N1CCC[C@H]1c1ncc(-c2cc(O)c(-c3cc4cc(-c5cnc([C@@H]6CCCN6C(=O)[C@@H](NC(=O)OC)C(C)C)[nH]5)ccc4[nH]3)c(F)c2)[nH]1)C(C)C. The molecule has 7 rings (SSSR count).